The molecule has 0 aliphatic heterocycles. The van der Waals surface area contributed by atoms with Gasteiger partial charge in [0.1, 0.15) is 36.3 Å². The minimum absolute atomic E-state index is 0.0569. The summed E-state index contributed by atoms with van der Waals surface area (Å²) in [5.41, 5.74) is -0.260. The predicted molar refractivity (Wildman–Crippen MR) is 217 cm³/mol. The molecule has 2 aromatic rings. The maximum Gasteiger partial charge on any atom is 0.374 e. The number of fused-ring (bicyclic) bond motifs is 1. The normalized spacial score (nSPS) is 13.6. The van der Waals surface area contributed by atoms with Crippen molar-refractivity contribution in [2.75, 3.05) is 5.75 Å². The van der Waals surface area contributed by atoms with Crippen molar-refractivity contribution in [3.8, 4) is 0 Å². The molecule has 28 nitrogen and oxygen atoms in total. The Morgan fingerprint density at radius 2 is 1.06 bits per heavy atom. The van der Waals surface area contributed by atoms with Gasteiger partial charge in [0.15, 0.2) is 5.92 Å². The smallest absolute Gasteiger partial charge is 0.374 e. The van der Waals surface area contributed by atoms with Crippen molar-refractivity contribution < 1.29 is 103 Å². The topological polar surface area (TPSA) is 469 Å². The SMILES string of the molecule is CC(=O)N[C@@H](CC(=O)O)C(=O)N[C@H](CC(C(=O)O)C(=O)O)C(=O)N[C@@H](Cc1c[nH]c2cccc(C(=O)O)c12)C(=O)N[C@@H](CC(=O)O)C(=O)N[C@@H](CCC(=O)O)C(=O)N[C@@H](CS)C(=O)C(=O)O. The van der Waals surface area contributed by atoms with Gasteiger partial charge in [-0.05, 0) is 24.1 Å². The number of aliphatic carboxylic acids is 6. The first kappa shape index (κ1) is 54.0. The number of benzene rings is 1. The van der Waals surface area contributed by atoms with Gasteiger partial charge in [0.05, 0.1) is 18.4 Å². The Labute approximate surface area is 374 Å². The molecule has 1 aromatic heterocycles. The molecule has 66 heavy (non-hydrogen) atoms. The summed E-state index contributed by atoms with van der Waals surface area (Å²) in [5, 5.41) is 78.3. The van der Waals surface area contributed by atoms with E-state index in [4.69, 9.17) is 5.11 Å². The summed E-state index contributed by atoms with van der Waals surface area (Å²) in [6.07, 6.45) is -4.95. The highest BCUT2D eigenvalue weighted by Gasteiger charge is 2.38. The second-order valence-electron chi connectivity index (χ2n) is 14.1. The number of carboxylic acids is 7. The fraction of sp³-hybridized carbons (Fsp3) is 0.405. The van der Waals surface area contributed by atoms with Crippen molar-refractivity contribution in [2.45, 2.75) is 81.7 Å². The lowest BCUT2D eigenvalue weighted by Gasteiger charge is -2.27. The number of aromatic amines is 1. The van der Waals surface area contributed by atoms with Crippen molar-refractivity contribution in [3.63, 3.8) is 0 Å². The fourth-order valence-corrected chi connectivity index (χ4v) is 6.31. The number of H-pyrrole nitrogens is 1. The molecular formula is C37H43N7O21S. The van der Waals surface area contributed by atoms with Crippen LogP contribution in [0.1, 0.15) is 54.9 Å². The Hall–Kier alpha value is -8.11. The van der Waals surface area contributed by atoms with Gasteiger partial charge in [0.2, 0.25) is 35.4 Å². The molecule has 14 N–H and O–H groups in total. The number of ketones is 1. The van der Waals surface area contributed by atoms with Gasteiger partial charge in [-0.25, -0.2) is 9.59 Å². The third-order valence-corrected chi connectivity index (χ3v) is 9.53. The number of amides is 6. The van der Waals surface area contributed by atoms with Gasteiger partial charge in [-0.15, -0.1) is 0 Å². The zero-order valence-electron chi connectivity index (χ0n) is 34.1. The lowest BCUT2D eigenvalue weighted by molar-refractivity contribution is -0.156. The van der Waals surface area contributed by atoms with Crippen LogP contribution in [0.4, 0.5) is 0 Å². The van der Waals surface area contributed by atoms with Gasteiger partial charge in [0.25, 0.3) is 5.78 Å². The number of Topliss-reactive ketones (excluding diaryl/α,β-unsaturated/α-hetero) is 1. The Bertz CT molecular complexity index is 2270. The molecule has 0 spiro atoms. The van der Waals surface area contributed by atoms with E-state index in [-0.39, 0.29) is 22.0 Å². The molecule has 0 saturated carbocycles. The van der Waals surface area contributed by atoms with Crippen molar-refractivity contribution in [1.82, 2.24) is 36.9 Å². The first-order chi connectivity index (χ1) is 30.8. The minimum atomic E-state index is -2.47. The second-order valence-corrected chi connectivity index (χ2v) is 14.4. The summed E-state index contributed by atoms with van der Waals surface area (Å²) in [6, 6.07) is -8.47. The molecule has 0 saturated heterocycles. The van der Waals surface area contributed by atoms with Crippen molar-refractivity contribution >= 4 is 107 Å². The van der Waals surface area contributed by atoms with E-state index in [2.05, 4.69) is 22.9 Å². The first-order valence-corrected chi connectivity index (χ1v) is 19.5. The number of aromatic carboxylic acids is 1. The number of hydrogen-bond donors (Lipinski definition) is 15. The highest BCUT2D eigenvalue weighted by Crippen LogP contribution is 2.24. The average Bonchev–Trinajstić information content (AvgIpc) is 3.63. The van der Waals surface area contributed by atoms with Crippen LogP contribution in [0.15, 0.2) is 24.4 Å². The highest BCUT2D eigenvalue weighted by molar-refractivity contribution is 7.80. The monoisotopic (exact) mass is 953 g/mol. The highest BCUT2D eigenvalue weighted by atomic mass is 32.1. The van der Waals surface area contributed by atoms with E-state index in [1.807, 2.05) is 26.6 Å². The number of carboxylic acid groups (broad SMARTS) is 7. The van der Waals surface area contributed by atoms with Crippen molar-refractivity contribution in [1.29, 1.82) is 0 Å². The molecule has 0 bridgehead atoms. The van der Waals surface area contributed by atoms with Crippen LogP contribution in [0.3, 0.4) is 0 Å². The summed E-state index contributed by atoms with van der Waals surface area (Å²) in [4.78, 5) is 177. The number of thiol groups is 1. The van der Waals surface area contributed by atoms with E-state index in [0.717, 1.165) is 13.0 Å². The van der Waals surface area contributed by atoms with Gasteiger partial charge in [-0.1, -0.05) is 6.07 Å². The molecule has 0 aliphatic rings. The van der Waals surface area contributed by atoms with Crippen LogP contribution in [0.2, 0.25) is 0 Å². The third kappa shape index (κ3) is 16.2. The number of nitrogens with one attached hydrogen (secondary N) is 7. The van der Waals surface area contributed by atoms with Gasteiger partial charge in [0, 0.05) is 49.0 Å². The van der Waals surface area contributed by atoms with Crippen molar-refractivity contribution in [2.24, 2.45) is 5.92 Å². The number of rotatable bonds is 28. The summed E-state index contributed by atoms with van der Waals surface area (Å²) in [6.45, 7) is 0.882. The molecule has 29 heteroatoms. The molecule has 6 amide bonds. The lowest BCUT2D eigenvalue weighted by atomic mass is 9.97. The molecular weight excluding hydrogens is 911 g/mol. The van der Waals surface area contributed by atoms with E-state index in [1.54, 1.807) is 0 Å². The summed E-state index contributed by atoms with van der Waals surface area (Å²) >= 11 is 3.80. The molecule has 358 valence electrons. The predicted octanol–water partition coefficient (Wildman–Crippen LogP) is -4.09. The summed E-state index contributed by atoms with van der Waals surface area (Å²) in [7, 11) is 0. The lowest BCUT2D eigenvalue weighted by Crippen LogP contribution is -2.60. The molecule has 2 rings (SSSR count). The van der Waals surface area contributed by atoms with Crippen molar-refractivity contribution in [3.05, 3.63) is 35.5 Å². The Morgan fingerprint density at radius 1 is 0.591 bits per heavy atom. The molecule has 0 radical (unpaired) electrons. The Kier molecular flexibility index (Phi) is 20.2. The maximum absolute atomic E-state index is 14.2. The second kappa shape index (κ2) is 24.7. The summed E-state index contributed by atoms with van der Waals surface area (Å²) in [5.74, 6) is -25.5. The Balaban J connectivity index is 2.72. The fourth-order valence-electron chi connectivity index (χ4n) is 6.05. The quantitative estimate of drug-likeness (QED) is 0.0219. The number of carbonyl (C=O) groups is 14. The average molecular weight is 954 g/mol. The van der Waals surface area contributed by atoms with Gasteiger partial charge in [-0.2, -0.15) is 12.6 Å². The van der Waals surface area contributed by atoms with E-state index in [0.29, 0.717) is 0 Å². The zero-order valence-corrected chi connectivity index (χ0v) is 35.0. The van der Waals surface area contributed by atoms with Crippen LogP contribution in [0.5, 0.6) is 0 Å². The van der Waals surface area contributed by atoms with Crippen LogP contribution < -0.4 is 31.9 Å². The van der Waals surface area contributed by atoms with Gasteiger partial charge in [-0.3, -0.25) is 57.5 Å². The maximum atomic E-state index is 14.2. The molecule has 1 aromatic carbocycles. The van der Waals surface area contributed by atoms with Crippen LogP contribution in [-0.4, -0.2) is 166 Å². The minimum Gasteiger partial charge on any atom is -0.481 e. The third-order valence-electron chi connectivity index (χ3n) is 9.17. The van der Waals surface area contributed by atoms with E-state index in [1.165, 1.54) is 18.3 Å². The summed E-state index contributed by atoms with van der Waals surface area (Å²) < 4.78 is 0. The van der Waals surface area contributed by atoms with E-state index in [9.17, 15) is 97.8 Å². The van der Waals surface area contributed by atoms with Gasteiger partial charge < -0.3 is 72.6 Å². The van der Waals surface area contributed by atoms with E-state index < -0.39 is 169 Å². The van der Waals surface area contributed by atoms with Crippen LogP contribution in [0.25, 0.3) is 10.9 Å². The first-order valence-electron chi connectivity index (χ1n) is 18.9. The molecule has 0 fully saturated rings. The largest absolute Gasteiger partial charge is 0.481 e. The standard InChI is InChI=1S/C37H43N7O21S/c1-13(45)39-21(9-25(48)49)32(56)42-20(8-16(35(60)61)36(62)63)31(55)41-19(7-14-11-38-17-4-2-3-15(27(14)17)34(58)59)30(54)43-22(10-26(50)51)33(57)40-18(5-6-24(46)47)29(53)44-23(12-66)28(52)37(64)65/h2-4,11,16,18-23,38,66H,5-10,12H2,1H3,(H,39,45)(H,40,57)(H,41,55)(H,42,56)(H,43,54)(H,44,53)(H,46,47)(H,48,49)(H,50,51)(H,58,59)(H,60,61)(H,62,63)(H,64,65)/t18-,19-,20+,21-,22-,23-/m0/s1. The van der Waals surface area contributed by atoms with E-state index >= 15 is 0 Å². The molecule has 1 heterocycles. The van der Waals surface area contributed by atoms with Crippen LogP contribution >= 0.6 is 12.6 Å². The van der Waals surface area contributed by atoms with Gasteiger partial charge >= 0.3 is 41.8 Å². The molecule has 6 atom stereocenters. The number of aromatic nitrogens is 1. The zero-order chi connectivity index (χ0) is 50.2. The number of carbonyl (C=O) groups excluding carboxylic acids is 7. The molecule has 0 aliphatic carbocycles. The number of hydrogen-bond acceptors (Lipinski definition) is 15. The molecule has 0 unspecified atom stereocenters. The van der Waals surface area contributed by atoms with Crippen LogP contribution in [-0.2, 0) is 68.7 Å². The Morgan fingerprint density at radius 3 is 1.55 bits per heavy atom. The van der Waals surface area contributed by atoms with Crippen LogP contribution in [0, 0.1) is 5.92 Å².